The van der Waals surface area contributed by atoms with Gasteiger partial charge in [0.05, 0.1) is 5.56 Å². The van der Waals surface area contributed by atoms with Crippen LogP contribution in [0.3, 0.4) is 0 Å². The largest absolute Gasteiger partial charge is 0.339 e. The van der Waals surface area contributed by atoms with Crippen molar-refractivity contribution in [3.63, 3.8) is 0 Å². The average Bonchev–Trinajstić information content (AvgIpc) is 3.05. The van der Waals surface area contributed by atoms with E-state index in [1.807, 2.05) is 11.5 Å². The lowest BCUT2D eigenvalue weighted by atomic mass is 9.95. The van der Waals surface area contributed by atoms with Crippen molar-refractivity contribution in [2.75, 3.05) is 13.1 Å². The Morgan fingerprint density at radius 2 is 2.04 bits per heavy atom. The second-order valence-corrected chi connectivity index (χ2v) is 5.67. The van der Waals surface area contributed by atoms with E-state index in [9.17, 15) is 13.6 Å². The molecule has 2 aromatic rings. The number of rotatable bonds is 3. The predicted octanol–water partition coefficient (Wildman–Crippen LogP) is 2.60. The quantitative estimate of drug-likeness (QED) is 0.873. The van der Waals surface area contributed by atoms with Crippen molar-refractivity contribution in [3.8, 4) is 0 Å². The lowest BCUT2D eigenvalue weighted by Crippen LogP contribution is -2.38. The molecule has 3 rings (SSSR count). The maximum atomic E-state index is 13.7. The molecule has 0 bridgehead atoms. The van der Waals surface area contributed by atoms with Gasteiger partial charge >= 0.3 is 0 Å². The lowest BCUT2D eigenvalue weighted by Gasteiger charge is -2.31. The Kier molecular flexibility index (Phi) is 4.36. The van der Waals surface area contributed by atoms with Crippen LogP contribution in [0.2, 0.25) is 0 Å². The molecule has 7 heteroatoms. The van der Waals surface area contributed by atoms with Gasteiger partial charge in [-0.15, -0.1) is 10.2 Å². The summed E-state index contributed by atoms with van der Waals surface area (Å²) in [5, 5.41) is 8.10. The van der Waals surface area contributed by atoms with Gasteiger partial charge in [0.15, 0.2) is 0 Å². The minimum atomic E-state index is -0.691. The van der Waals surface area contributed by atoms with E-state index in [1.54, 1.807) is 11.2 Å². The first kappa shape index (κ1) is 15.6. The van der Waals surface area contributed by atoms with E-state index >= 15 is 0 Å². The van der Waals surface area contributed by atoms with Crippen molar-refractivity contribution >= 4 is 5.91 Å². The summed E-state index contributed by atoms with van der Waals surface area (Å²) in [6.45, 7) is 3.82. The molecule has 5 nitrogen and oxygen atoms in total. The van der Waals surface area contributed by atoms with Gasteiger partial charge in [-0.05, 0) is 38.0 Å². The van der Waals surface area contributed by atoms with Gasteiger partial charge in [0, 0.05) is 25.6 Å². The monoisotopic (exact) mass is 320 g/mol. The van der Waals surface area contributed by atoms with Gasteiger partial charge in [-0.2, -0.15) is 0 Å². The number of hydrogen-bond donors (Lipinski definition) is 0. The summed E-state index contributed by atoms with van der Waals surface area (Å²) in [4.78, 5) is 13.9. The number of halogens is 2. The molecule has 1 fully saturated rings. The van der Waals surface area contributed by atoms with Gasteiger partial charge < -0.3 is 9.47 Å². The van der Waals surface area contributed by atoms with Crippen LogP contribution >= 0.6 is 0 Å². The predicted molar refractivity (Wildman–Crippen MR) is 79.9 cm³/mol. The van der Waals surface area contributed by atoms with Crippen molar-refractivity contribution in [1.29, 1.82) is 0 Å². The van der Waals surface area contributed by atoms with E-state index in [-0.39, 0.29) is 11.5 Å². The van der Waals surface area contributed by atoms with Crippen molar-refractivity contribution in [2.45, 2.75) is 32.2 Å². The molecule has 1 amide bonds. The molecule has 1 aliphatic rings. The molecule has 0 spiro atoms. The first-order valence-electron chi connectivity index (χ1n) is 7.72. The Balaban J connectivity index is 1.69. The zero-order valence-electron chi connectivity index (χ0n) is 12.9. The molecular weight excluding hydrogens is 302 g/mol. The van der Waals surface area contributed by atoms with Crippen LogP contribution in [-0.4, -0.2) is 38.7 Å². The molecule has 1 aliphatic heterocycles. The van der Waals surface area contributed by atoms with Crippen molar-refractivity contribution in [3.05, 3.63) is 47.5 Å². The lowest BCUT2D eigenvalue weighted by molar-refractivity contribution is 0.0705. The standard InChI is InChI=1S/C16H18F2N4O/c1-2-21-10-19-20-15(21)11-5-7-22(8-6-11)16(23)13-9-12(17)3-4-14(13)18/h3-4,9-11H,2,5-8H2,1H3. The molecule has 0 saturated carbocycles. The Labute approximate surface area is 132 Å². The highest BCUT2D eigenvalue weighted by Crippen LogP contribution is 2.27. The van der Waals surface area contributed by atoms with Crippen LogP contribution in [0.1, 0.15) is 41.9 Å². The van der Waals surface area contributed by atoms with Crippen LogP contribution in [0, 0.1) is 11.6 Å². The fraction of sp³-hybridized carbons (Fsp3) is 0.438. The van der Waals surface area contributed by atoms with E-state index in [4.69, 9.17) is 0 Å². The Morgan fingerprint density at radius 1 is 1.30 bits per heavy atom. The van der Waals surface area contributed by atoms with Crippen LogP contribution in [0.25, 0.3) is 0 Å². The zero-order valence-corrected chi connectivity index (χ0v) is 12.9. The van der Waals surface area contributed by atoms with Crippen molar-refractivity contribution < 1.29 is 13.6 Å². The van der Waals surface area contributed by atoms with Gasteiger partial charge in [-0.3, -0.25) is 4.79 Å². The summed E-state index contributed by atoms with van der Waals surface area (Å²) in [7, 11) is 0. The number of amides is 1. The normalized spacial score (nSPS) is 15.9. The molecule has 1 saturated heterocycles. The third kappa shape index (κ3) is 3.09. The molecule has 0 radical (unpaired) electrons. The van der Waals surface area contributed by atoms with Gasteiger partial charge in [0.1, 0.15) is 23.8 Å². The molecule has 1 aromatic carbocycles. The second-order valence-electron chi connectivity index (χ2n) is 5.67. The minimum absolute atomic E-state index is 0.208. The molecule has 2 heterocycles. The number of hydrogen-bond acceptors (Lipinski definition) is 3. The van der Waals surface area contributed by atoms with E-state index < -0.39 is 17.5 Å². The fourth-order valence-electron chi connectivity index (χ4n) is 3.00. The fourth-order valence-corrected chi connectivity index (χ4v) is 3.00. The van der Waals surface area contributed by atoms with Crippen molar-refractivity contribution in [1.82, 2.24) is 19.7 Å². The maximum Gasteiger partial charge on any atom is 0.256 e. The summed E-state index contributed by atoms with van der Waals surface area (Å²) >= 11 is 0. The number of nitrogens with zero attached hydrogens (tertiary/aromatic N) is 4. The number of piperidine rings is 1. The third-order valence-corrected chi connectivity index (χ3v) is 4.29. The third-order valence-electron chi connectivity index (χ3n) is 4.29. The first-order chi connectivity index (χ1) is 11.1. The first-order valence-corrected chi connectivity index (χ1v) is 7.72. The molecule has 1 aromatic heterocycles. The summed E-state index contributed by atoms with van der Waals surface area (Å²) < 4.78 is 29.0. The number of aryl methyl sites for hydroxylation is 1. The molecule has 0 unspecified atom stereocenters. The van der Waals surface area contributed by atoms with E-state index in [1.165, 1.54) is 0 Å². The number of benzene rings is 1. The average molecular weight is 320 g/mol. The summed E-state index contributed by atoms with van der Waals surface area (Å²) in [5.41, 5.74) is -0.208. The van der Waals surface area contributed by atoms with Gasteiger partial charge in [0.25, 0.3) is 5.91 Å². The van der Waals surface area contributed by atoms with E-state index in [0.29, 0.717) is 13.1 Å². The zero-order chi connectivity index (χ0) is 16.4. The van der Waals surface area contributed by atoms with Crippen molar-refractivity contribution in [2.24, 2.45) is 0 Å². The Hall–Kier alpha value is -2.31. The summed E-state index contributed by atoms with van der Waals surface area (Å²) in [6.07, 6.45) is 3.18. The van der Waals surface area contributed by atoms with E-state index in [0.717, 1.165) is 43.4 Å². The molecule has 0 atom stereocenters. The van der Waals surface area contributed by atoms with Crippen LogP contribution in [0.4, 0.5) is 8.78 Å². The Bertz CT molecular complexity index is 708. The topological polar surface area (TPSA) is 51.0 Å². The molecule has 0 aliphatic carbocycles. The SMILES string of the molecule is CCn1cnnc1C1CCN(C(=O)c2cc(F)ccc2F)CC1. The number of carbonyl (C=O) groups excluding carboxylic acids is 1. The van der Waals surface area contributed by atoms with Gasteiger partial charge in [-0.1, -0.05) is 0 Å². The minimum Gasteiger partial charge on any atom is -0.339 e. The van der Waals surface area contributed by atoms with Gasteiger partial charge in [0.2, 0.25) is 0 Å². The van der Waals surface area contributed by atoms with Crippen LogP contribution < -0.4 is 0 Å². The smallest absolute Gasteiger partial charge is 0.256 e. The molecule has 23 heavy (non-hydrogen) atoms. The van der Waals surface area contributed by atoms with Crippen LogP contribution in [-0.2, 0) is 6.54 Å². The summed E-state index contributed by atoms with van der Waals surface area (Å²) in [5.74, 6) is -0.599. The second kappa shape index (κ2) is 6.44. The summed E-state index contributed by atoms with van der Waals surface area (Å²) in [6, 6.07) is 2.95. The number of likely N-dealkylation sites (tertiary alicyclic amines) is 1. The van der Waals surface area contributed by atoms with E-state index in [2.05, 4.69) is 10.2 Å². The highest BCUT2D eigenvalue weighted by molar-refractivity contribution is 5.94. The highest BCUT2D eigenvalue weighted by atomic mass is 19.1. The maximum absolute atomic E-state index is 13.7. The molecule has 122 valence electrons. The number of carbonyl (C=O) groups is 1. The molecular formula is C16H18F2N4O. The van der Waals surface area contributed by atoms with Crippen LogP contribution in [0.15, 0.2) is 24.5 Å². The molecule has 0 N–H and O–H groups in total. The van der Waals surface area contributed by atoms with Gasteiger partial charge in [-0.25, -0.2) is 8.78 Å². The number of aromatic nitrogens is 3. The highest BCUT2D eigenvalue weighted by Gasteiger charge is 2.28. The van der Waals surface area contributed by atoms with Crippen LogP contribution in [0.5, 0.6) is 0 Å². The Morgan fingerprint density at radius 3 is 2.74 bits per heavy atom.